The van der Waals surface area contributed by atoms with Gasteiger partial charge in [0, 0.05) is 14.1 Å². The van der Waals surface area contributed by atoms with Crippen molar-refractivity contribution in [1.82, 2.24) is 19.6 Å². The fourth-order valence-electron chi connectivity index (χ4n) is 3.12. The first-order chi connectivity index (χ1) is 15.6. The third-order valence-corrected chi connectivity index (χ3v) is 4.37. The molecule has 0 spiro atoms. The summed E-state index contributed by atoms with van der Waals surface area (Å²) in [5.41, 5.74) is -1.21. The molecule has 0 bridgehead atoms. The molecule has 1 aromatic carbocycles. The molecular formula is C23H34FN5O5. The summed E-state index contributed by atoms with van der Waals surface area (Å²) in [6.45, 7) is 10.2. The number of nitrogens with zero attached hydrogens (tertiary/aromatic N) is 5. The molecule has 0 unspecified atom stereocenters. The third-order valence-electron chi connectivity index (χ3n) is 4.37. The first-order valence-electron chi connectivity index (χ1n) is 10.8. The van der Waals surface area contributed by atoms with Crippen LogP contribution < -0.4 is 0 Å². The molecule has 0 N–H and O–H groups in total. The molecule has 2 rings (SSSR count). The fourth-order valence-corrected chi connectivity index (χ4v) is 3.12. The molecule has 1 saturated heterocycles. The second kappa shape index (κ2) is 10.3. The summed E-state index contributed by atoms with van der Waals surface area (Å²) >= 11 is 0. The second-order valence-electron chi connectivity index (χ2n) is 10.1. The zero-order valence-electron chi connectivity index (χ0n) is 21.1. The largest absolute Gasteiger partial charge is 0.443 e. The third kappa shape index (κ3) is 7.89. The van der Waals surface area contributed by atoms with Crippen LogP contribution in [0, 0.1) is 5.82 Å². The smallest absolute Gasteiger partial charge is 0.437 e. The van der Waals surface area contributed by atoms with E-state index < -0.39 is 29.2 Å². The highest BCUT2D eigenvalue weighted by atomic mass is 19.1. The van der Waals surface area contributed by atoms with Gasteiger partial charge in [0.15, 0.2) is 0 Å². The van der Waals surface area contributed by atoms with Crippen molar-refractivity contribution in [3.05, 3.63) is 35.6 Å². The van der Waals surface area contributed by atoms with Gasteiger partial charge in [-0.25, -0.2) is 23.7 Å². The molecule has 1 aliphatic rings. The molecule has 34 heavy (non-hydrogen) atoms. The lowest BCUT2D eigenvalue weighted by molar-refractivity contribution is 0.0300. The zero-order chi connectivity index (χ0) is 25.8. The van der Waals surface area contributed by atoms with Crippen molar-refractivity contribution in [3.63, 3.8) is 0 Å². The van der Waals surface area contributed by atoms with E-state index in [9.17, 15) is 18.8 Å². The fraction of sp³-hybridized carbons (Fsp3) is 0.565. The molecular weight excluding hydrogens is 445 g/mol. The Morgan fingerprint density at radius 1 is 1.03 bits per heavy atom. The number of urea groups is 1. The van der Waals surface area contributed by atoms with Crippen LogP contribution in [0.2, 0.25) is 0 Å². The van der Waals surface area contributed by atoms with Gasteiger partial charge in [-0.1, -0.05) is 12.1 Å². The van der Waals surface area contributed by atoms with Gasteiger partial charge in [-0.05, 0) is 59.2 Å². The predicted octanol–water partition coefficient (Wildman–Crippen LogP) is 4.07. The van der Waals surface area contributed by atoms with Crippen LogP contribution in [0.5, 0.6) is 0 Å². The number of guanidine groups is 1. The normalized spacial score (nSPS) is 15.4. The van der Waals surface area contributed by atoms with Crippen LogP contribution in [0.3, 0.4) is 0 Å². The number of rotatable bonds is 2. The van der Waals surface area contributed by atoms with Gasteiger partial charge in [0.2, 0.25) is 5.96 Å². The number of aliphatic imine (C=N–C) groups is 1. The molecule has 1 fully saturated rings. The maximum absolute atomic E-state index is 13.9. The number of benzene rings is 1. The van der Waals surface area contributed by atoms with Crippen molar-refractivity contribution >= 4 is 24.2 Å². The van der Waals surface area contributed by atoms with Crippen LogP contribution >= 0.6 is 0 Å². The lowest BCUT2D eigenvalue weighted by atomic mass is 10.2. The van der Waals surface area contributed by atoms with Crippen molar-refractivity contribution in [1.29, 1.82) is 0 Å². The summed E-state index contributed by atoms with van der Waals surface area (Å²) in [6, 6.07) is 5.49. The number of carbonyl (C=O) groups excluding carboxylic acids is 3. The second-order valence-corrected chi connectivity index (χ2v) is 10.1. The maximum atomic E-state index is 13.9. The monoisotopic (exact) mass is 479 g/mol. The van der Waals surface area contributed by atoms with Gasteiger partial charge in [0.25, 0.3) is 0 Å². The molecule has 1 aromatic rings. The minimum atomic E-state index is -0.919. The molecule has 11 heteroatoms. The zero-order valence-corrected chi connectivity index (χ0v) is 21.1. The molecule has 0 aliphatic carbocycles. The lowest BCUT2D eigenvalue weighted by Crippen LogP contribution is -2.60. The Kier molecular flexibility index (Phi) is 8.12. The van der Waals surface area contributed by atoms with Crippen LogP contribution in [0.4, 0.5) is 18.8 Å². The molecule has 1 aliphatic heterocycles. The minimum absolute atomic E-state index is 0.0489. The van der Waals surface area contributed by atoms with E-state index in [0.717, 1.165) is 4.90 Å². The number of hydrogen-bond acceptors (Lipinski definition) is 5. The van der Waals surface area contributed by atoms with E-state index in [1.165, 1.54) is 28.0 Å². The molecule has 0 atom stereocenters. The Balaban J connectivity index is 2.56. The summed E-state index contributed by atoms with van der Waals surface area (Å²) in [4.78, 5) is 47.9. The maximum Gasteiger partial charge on any atom is 0.437 e. The Morgan fingerprint density at radius 3 is 2.09 bits per heavy atom. The summed E-state index contributed by atoms with van der Waals surface area (Å²) in [5, 5.41) is 0. The van der Waals surface area contributed by atoms with E-state index in [0.29, 0.717) is 5.56 Å². The van der Waals surface area contributed by atoms with Crippen LogP contribution in [0.25, 0.3) is 0 Å². The standard InChI is InChI=1S/C23H34FN5O5/c1-22(2,3)33-19(30)25-18(28-14-26(7)20(31)27(8)15-28)29(21(32)34-23(4,5)6)13-16-10-9-11-17(24)12-16/h9-12H,13-15H2,1-8H3. The van der Waals surface area contributed by atoms with Crippen molar-refractivity contribution in [2.45, 2.75) is 59.3 Å². The van der Waals surface area contributed by atoms with Crippen molar-refractivity contribution in [2.24, 2.45) is 4.99 Å². The molecule has 4 amide bonds. The van der Waals surface area contributed by atoms with Gasteiger partial charge in [0.1, 0.15) is 17.0 Å². The molecule has 0 radical (unpaired) electrons. The van der Waals surface area contributed by atoms with E-state index in [4.69, 9.17) is 9.47 Å². The lowest BCUT2D eigenvalue weighted by Gasteiger charge is -2.42. The minimum Gasteiger partial charge on any atom is -0.443 e. The van der Waals surface area contributed by atoms with Gasteiger partial charge < -0.3 is 24.2 Å². The van der Waals surface area contributed by atoms with Crippen molar-refractivity contribution in [3.8, 4) is 0 Å². The molecule has 0 aromatic heterocycles. The highest BCUT2D eigenvalue weighted by Crippen LogP contribution is 2.19. The average molecular weight is 480 g/mol. The number of halogens is 1. The average Bonchev–Trinajstić information content (AvgIpc) is 2.65. The summed E-state index contributed by atoms with van der Waals surface area (Å²) < 4.78 is 24.8. The Bertz CT molecular complexity index is 940. The van der Waals surface area contributed by atoms with E-state index in [-0.39, 0.29) is 31.9 Å². The molecule has 10 nitrogen and oxygen atoms in total. The van der Waals surface area contributed by atoms with Crippen LogP contribution in [-0.2, 0) is 16.0 Å². The van der Waals surface area contributed by atoms with Crippen LogP contribution in [-0.4, -0.2) is 82.4 Å². The SMILES string of the molecule is CN1CN(C(=NC(=O)OC(C)(C)C)N(Cc2cccc(F)c2)C(=O)OC(C)(C)C)CN(C)C1=O. The summed E-state index contributed by atoms with van der Waals surface area (Å²) in [5.74, 6) is -0.561. The van der Waals surface area contributed by atoms with E-state index in [1.807, 2.05) is 0 Å². The Morgan fingerprint density at radius 2 is 1.59 bits per heavy atom. The van der Waals surface area contributed by atoms with Crippen molar-refractivity contribution < 1.29 is 28.2 Å². The first-order valence-corrected chi connectivity index (χ1v) is 10.8. The molecule has 188 valence electrons. The molecule has 0 saturated carbocycles. The Hall–Kier alpha value is -3.37. The Labute approximate surface area is 199 Å². The first kappa shape index (κ1) is 26.9. The van der Waals surface area contributed by atoms with Gasteiger partial charge in [0.05, 0.1) is 19.9 Å². The molecule has 1 heterocycles. The highest BCUT2D eigenvalue weighted by molar-refractivity contribution is 5.99. The van der Waals surface area contributed by atoms with Crippen molar-refractivity contribution in [2.75, 3.05) is 27.4 Å². The predicted molar refractivity (Wildman–Crippen MR) is 124 cm³/mol. The number of amides is 4. The van der Waals surface area contributed by atoms with Gasteiger partial charge in [-0.2, -0.15) is 0 Å². The van der Waals surface area contributed by atoms with Gasteiger partial charge in [-0.15, -0.1) is 4.99 Å². The van der Waals surface area contributed by atoms with E-state index in [1.54, 1.807) is 66.6 Å². The number of carbonyl (C=O) groups is 3. The van der Waals surface area contributed by atoms with E-state index in [2.05, 4.69) is 4.99 Å². The van der Waals surface area contributed by atoms with Gasteiger partial charge >= 0.3 is 18.2 Å². The van der Waals surface area contributed by atoms with E-state index >= 15 is 0 Å². The van der Waals surface area contributed by atoms with Crippen LogP contribution in [0.1, 0.15) is 47.1 Å². The summed E-state index contributed by atoms with van der Waals surface area (Å²) in [6.07, 6.45) is -1.71. The van der Waals surface area contributed by atoms with Gasteiger partial charge in [-0.3, -0.25) is 0 Å². The number of hydrogen-bond donors (Lipinski definition) is 0. The highest BCUT2D eigenvalue weighted by Gasteiger charge is 2.35. The topological polar surface area (TPSA) is 95.0 Å². The quantitative estimate of drug-likeness (QED) is 0.469. The summed E-state index contributed by atoms with van der Waals surface area (Å²) in [7, 11) is 3.17. The number of ether oxygens (including phenoxy) is 2. The van der Waals surface area contributed by atoms with Crippen LogP contribution in [0.15, 0.2) is 29.3 Å².